The van der Waals surface area contributed by atoms with Crippen LogP contribution in [0, 0.1) is 29.6 Å². The average Bonchev–Trinajstić information content (AvgIpc) is 0.787. The second-order valence-corrected chi connectivity index (χ2v) is 33.6. The molecule has 122 heavy (non-hydrogen) atoms. The van der Waals surface area contributed by atoms with E-state index in [0.29, 0.717) is 71.2 Å². The molecule has 714 valence electrons. The lowest BCUT2D eigenvalue weighted by atomic mass is 9.84. The molecule has 0 amide bonds. The summed E-state index contributed by atoms with van der Waals surface area (Å²) in [4.78, 5) is 3.90. The minimum atomic E-state index is -2.41. The third-order valence-electron chi connectivity index (χ3n) is 22.5. The van der Waals surface area contributed by atoms with Gasteiger partial charge in [0.05, 0.1) is 75.8 Å². The minimum Gasteiger partial charge on any atom is -0.396 e. The molecule has 50 heteroatoms. The number of ether oxygens (including phenoxy) is 11. The fraction of sp³-hybridized carbons (Fsp3) is 0.944. The van der Waals surface area contributed by atoms with Crippen LogP contribution < -0.4 is 42.5 Å². The van der Waals surface area contributed by atoms with Gasteiger partial charge in [-0.15, -0.1) is 0 Å². The predicted molar refractivity (Wildman–Crippen MR) is 438 cm³/mol. The zero-order valence-corrected chi connectivity index (χ0v) is 72.0. The average molecular weight is 1850 g/mol. The molecule has 36 atom stereocenters. The molecule has 33 N–H and O–H groups in total. The molecule has 12 heterocycles. The van der Waals surface area contributed by atoms with E-state index in [1.807, 2.05) is 4.90 Å². The topological polar surface area (TPSA) is 710 Å². The number of nitrogens with zero attached hydrogens (tertiary/aromatic N) is 2. The highest BCUT2D eigenvalue weighted by atomic mass is 32.1. The Balaban J connectivity index is 1.09. The molecule has 0 aromatic rings. The summed E-state index contributed by atoms with van der Waals surface area (Å²) in [6.45, 7) is 0.753. The van der Waals surface area contributed by atoms with Gasteiger partial charge in [-0.2, -0.15) is 0 Å². The first-order valence-electron chi connectivity index (χ1n) is 41.1. The summed E-state index contributed by atoms with van der Waals surface area (Å²) >= 11 is 22.8. The monoisotopic (exact) mass is 1840 g/mol. The van der Waals surface area contributed by atoms with Crippen LogP contribution in [0.2, 0.25) is 0 Å². The summed E-state index contributed by atoms with van der Waals surface area (Å²) in [6, 6.07) is 0. The van der Waals surface area contributed by atoms with Crippen LogP contribution in [0.25, 0.3) is 0 Å². The van der Waals surface area contributed by atoms with Crippen LogP contribution in [0.4, 0.5) is 0 Å². The van der Waals surface area contributed by atoms with Crippen molar-refractivity contribution in [1.29, 1.82) is 0 Å². The Bertz CT molecular complexity index is 2800. The van der Waals surface area contributed by atoms with Gasteiger partial charge in [-0.25, -0.2) is 0 Å². The molecule has 0 aromatic heterocycles. The second kappa shape index (κ2) is 54.2. The number of hydrogen-bond acceptors (Lipinski definition) is 42. The molecule has 12 fully saturated rings. The molecule has 12 saturated heterocycles. The van der Waals surface area contributed by atoms with Crippen molar-refractivity contribution in [2.45, 2.75) is 249 Å². The van der Waals surface area contributed by atoms with Crippen LogP contribution in [0.1, 0.15) is 59.3 Å². The van der Waals surface area contributed by atoms with E-state index >= 15 is 0 Å². The maximum atomic E-state index is 11.5. The number of likely N-dealkylation sites (N-methyl/N-ethyl adjacent to an activating group) is 1. The van der Waals surface area contributed by atoms with Gasteiger partial charge in [-0.1, -0.05) is 33.6 Å². The lowest BCUT2D eigenvalue weighted by Crippen LogP contribution is -2.64. The third kappa shape index (κ3) is 32.1. The first kappa shape index (κ1) is 108. The van der Waals surface area contributed by atoms with Crippen molar-refractivity contribution in [1.82, 2.24) is 52.3 Å². The zero-order valence-electron chi connectivity index (χ0n) is 68.7. The fourth-order valence-corrected chi connectivity index (χ4v) is 15.3. The predicted octanol–water partition coefficient (Wildman–Crippen LogP) is -14.9. The van der Waals surface area contributed by atoms with E-state index in [1.165, 1.54) is 20.8 Å². The highest BCUT2D eigenvalue weighted by Gasteiger charge is 2.54. The van der Waals surface area contributed by atoms with Crippen LogP contribution >= 0.6 is 48.9 Å². The van der Waals surface area contributed by atoms with E-state index in [9.17, 15) is 128 Å². The van der Waals surface area contributed by atoms with Crippen LogP contribution in [-0.4, -0.2) is 500 Å². The summed E-state index contributed by atoms with van der Waals surface area (Å²) in [5.41, 5.74) is -2.21. The maximum absolute atomic E-state index is 11.5. The van der Waals surface area contributed by atoms with Crippen molar-refractivity contribution >= 4 is 69.3 Å². The first-order chi connectivity index (χ1) is 57.9. The SMILES string of the molecule is CC(CO)[C@@H](O)C(O)[C@@H](O)[C@@H](O)OCC(CO[C@@H](O)C(O)[C@@H](O)[C@H](O)C(C)CO)(CO[C@@H](O)[C@H](O)C(O)[C@@H](O)C(C)CO)NC(=S)NCCN(C)CCNC(=S)NCCN(CCNC(=S)NCC1O[C@@H]2OC3C(CO)O[C@H](OCCCCC1[C@H](O)C2O)C(O)[C@H]3O)CCNC(=S)NCC1O[C@@H]2OC3C(CO)O[C@H](OCCCCC1[C@H](O)C2O)C(O)[C@H]3O. The molecule has 0 saturated carbocycles. The summed E-state index contributed by atoms with van der Waals surface area (Å²) in [6.07, 6.45) is -48.2. The molecule has 8 bridgehead atoms. The number of thiocarbonyl (C=S) groups is 4. The first-order valence-corrected chi connectivity index (χ1v) is 42.7. The standard InChI is InChI=1S/C72H136N10O36S4/c1-33(25-83)42(88)47(93)52(98)61(105)110-30-72(31-111-62(106)53(99)48(94)43(89)34(2)26-84,32-112-63(107)54(100)49(95)44(90)35(3)27-85)80-71(122)77-12-17-81(4)16-11-73-68(119)74-13-18-82(19-14-75-69(120)78-23-38-36-9-5-7-21-108-64-57(103)50(96)59(40(28-86)115-64)117-66(113-38)55(101)45(36)91)20-15-76-70(121)79-24-39-37-10-6-8-22-109-65-58(104)51(97)60(41(29-87)116-65)118-67(114-39)56(102)46(37)92/h33-67,83-107H,5-32H2,1-4H3,(H2,73,74,119)(H2,75,78,120)(H2,76,79,121)(H2,77,80,122)/t33?,34?,35?,36?,37?,38?,39?,40?,41?,42-,43-,44+,45+,46+,47+,48?,49?,50-,51-,52?,53-,54-,55?,56?,57?,58?,59?,60?,61-,62+,63-,64+,65+,66-,67-,72?/m1/s1. The number of hydrogen-bond donors (Lipinski definition) is 33. The smallest absolute Gasteiger partial charge is 0.186 e. The van der Waals surface area contributed by atoms with Gasteiger partial charge in [0.2, 0.25) is 0 Å². The Labute approximate surface area is 728 Å². The molecule has 46 nitrogen and oxygen atoms in total. The normalized spacial score (nSPS) is 32.9. The summed E-state index contributed by atoms with van der Waals surface area (Å²) in [5, 5.41) is 293. The van der Waals surface area contributed by atoms with Crippen molar-refractivity contribution in [3.8, 4) is 0 Å². The van der Waals surface area contributed by atoms with Gasteiger partial charge < -0.3 is 227 Å². The quantitative estimate of drug-likeness (QED) is 0.0199. The Hall–Kier alpha value is -2.76. The second-order valence-electron chi connectivity index (χ2n) is 32.0. The van der Waals surface area contributed by atoms with E-state index in [1.54, 1.807) is 7.05 Å². The molecule has 0 spiro atoms. The van der Waals surface area contributed by atoms with Gasteiger partial charge in [-0.05, 0) is 81.6 Å². The Morgan fingerprint density at radius 1 is 0.369 bits per heavy atom. The zero-order chi connectivity index (χ0) is 90.4. The molecular formula is C72H136N10O36S4. The molecule has 0 radical (unpaired) electrons. The van der Waals surface area contributed by atoms with Gasteiger partial charge in [0, 0.05) is 141 Å². The van der Waals surface area contributed by atoms with Crippen molar-refractivity contribution in [2.24, 2.45) is 29.6 Å². The highest BCUT2D eigenvalue weighted by Crippen LogP contribution is 2.37. The van der Waals surface area contributed by atoms with Gasteiger partial charge in [0.25, 0.3) is 0 Å². The number of aliphatic hydroxyl groups excluding tert-OH is 25. The Kier molecular flexibility index (Phi) is 47.9. The molecule has 12 aliphatic rings. The number of nitrogens with one attached hydrogen (secondary N) is 8. The molecule has 19 unspecified atom stereocenters. The summed E-state index contributed by atoms with van der Waals surface area (Å²) in [5.74, 6) is -4.35. The Morgan fingerprint density at radius 2 is 0.672 bits per heavy atom. The van der Waals surface area contributed by atoms with Gasteiger partial charge in [0.1, 0.15) is 103 Å². The lowest BCUT2D eigenvalue weighted by molar-refractivity contribution is -0.355. The van der Waals surface area contributed by atoms with Crippen LogP contribution in [0.15, 0.2) is 0 Å². The Morgan fingerprint density at radius 3 is 1.00 bits per heavy atom. The third-order valence-corrected chi connectivity index (χ3v) is 23.7. The maximum Gasteiger partial charge on any atom is 0.186 e. The summed E-state index contributed by atoms with van der Waals surface area (Å²) < 4.78 is 64.0. The van der Waals surface area contributed by atoms with Gasteiger partial charge >= 0.3 is 0 Å². The minimum absolute atomic E-state index is 0.0113. The van der Waals surface area contributed by atoms with Crippen molar-refractivity contribution in [3.63, 3.8) is 0 Å². The van der Waals surface area contributed by atoms with E-state index in [0.717, 1.165) is 0 Å². The van der Waals surface area contributed by atoms with Crippen LogP contribution in [-0.2, 0) is 52.1 Å². The molecular weight excluding hydrogens is 1710 g/mol. The summed E-state index contributed by atoms with van der Waals surface area (Å²) in [7, 11) is 1.75. The molecule has 0 aliphatic carbocycles. The van der Waals surface area contributed by atoms with E-state index in [2.05, 4.69) is 47.4 Å². The number of rotatable bonds is 46. The van der Waals surface area contributed by atoms with Crippen LogP contribution in [0.3, 0.4) is 0 Å². The van der Waals surface area contributed by atoms with Crippen LogP contribution in [0.5, 0.6) is 0 Å². The molecule has 12 aliphatic heterocycles. The van der Waals surface area contributed by atoms with Gasteiger partial charge in [0.15, 0.2) is 64.5 Å². The van der Waals surface area contributed by atoms with E-state index in [4.69, 9.17) is 101 Å². The number of aliphatic hydroxyl groups is 25. The molecule has 12 rings (SSSR count). The van der Waals surface area contributed by atoms with E-state index in [-0.39, 0.29) is 79.5 Å². The lowest BCUT2D eigenvalue weighted by Gasteiger charge is -2.47. The van der Waals surface area contributed by atoms with Gasteiger partial charge in [-0.3, -0.25) is 4.90 Å². The molecule has 0 aromatic carbocycles. The van der Waals surface area contributed by atoms with Crippen molar-refractivity contribution in [3.05, 3.63) is 0 Å². The largest absolute Gasteiger partial charge is 0.396 e. The van der Waals surface area contributed by atoms with Crippen molar-refractivity contribution in [2.75, 3.05) is 152 Å². The fourth-order valence-electron chi connectivity index (χ4n) is 14.4. The van der Waals surface area contributed by atoms with E-state index < -0.39 is 272 Å². The highest BCUT2D eigenvalue weighted by molar-refractivity contribution is 7.80. The van der Waals surface area contributed by atoms with Crippen molar-refractivity contribution < 1.29 is 180 Å².